The number of aromatic nitrogens is 1. The summed E-state index contributed by atoms with van der Waals surface area (Å²) in [5, 5.41) is 3.50. The Morgan fingerprint density at radius 3 is 2.95 bits per heavy atom. The van der Waals surface area contributed by atoms with Crippen LogP contribution in [0.25, 0.3) is 0 Å². The Labute approximate surface area is 135 Å². The topological polar surface area (TPSA) is 51.2 Å². The number of nitrogens with zero attached hydrogens (tertiary/aromatic N) is 1. The number of amides is 1. The van der Waals surface area contributed by atoms with Gasteiger partial charge in [-0.1, -0.05) is 23.7 Å². The molecule has 0 bridgehead atoms. The molecule has 0 fully saturated rings. The normalized spacial score (nSPS) is 11.7. The lowest BCUT2D eigenvalue weighted by molar-refractivity contribution is -0.121. The molecule has 4 nitrogen and oxygen atoms in total. The number of rotatable bonds is 7. The standard InChI is InChI=1S/C17H19ClN2O2/c1-13(22-16-6-2-5-15(18)10-16)11-20-17(21)8-7-14-4-3-9-19-12-14/h2-6,9-10,12-13H,7-8,11H2,1H3,(H,20,21)/t13-/m1/s1. The van der Waals surface area contributed by atoms with Gasteiger partial charge in [0.2, 0.25) is 5.91 Å². The summed E-state index contributed by atoms with van der Waals surface area (Å²) in [4.78, 5) is 15.8. The average molecular weight is 319 g/mol. The summed E-state index contributed by atoms with van der Waals surface area (Å²) in [5.41, 5.74) is 1.06. The van der Waals surface area contributed by atoms with E-state index in [1.54, 1.807) is 24.5 Å². The van der Waals surface area contributed by atoms with Gasteiger partial charge < -0.3 is 10.1 Å². The molecule has 2 aromatic rings. The molecule has 0 aliphatic carbocycles. The maximum atomic E-state index is 11.8. The quantitative estimate of drug-likeness (QED) is 0.852. The number of nitrogens with one attached hydrogen (secondary N) is 1. The molecule has 0 radical (unpaired) electrons. The van der Waals surface area contributed by atoms with Crippen LogP contribution < -0.4 is 10.1 Å². The summed E-state index contributed by atoms with van der Waals surface area (Å²) < 4.78 is 5.70. The van der Waals surface area contributed by atoms with Crippen LogP contribution in [-0.2, 0) is 11.2 Å². The maximum Gasteiger partial charge on any atom is 0.220 e. The van der Waals surface area contributed by atoms with Crippen molar-refractivity contribution < 1.29 is 9.53 Å². The van der Waals surface area contributed by atoms with Gasteiger partial charge in [0.1, 0.15) is 11.9 Å². The van der Waals surface area contributed by atoms with Gasteiger partial charge in [-0.05, 0) is 43.2 Å². The highest BCUT2D eigenvalue weighted by atomic mass is 35.5. The van der Waals surface area contributed by atoms with Gasteiger partial charge in [-0.3, -0.25) is 9.78 Å². The van der Waals surface area contributed by atoms with Crippen molar-refractivity contribution in [1.82, 2.24) is 10.3 Å². The molecule has 2 rings (SSSR count). The SMILES string of the molecule is C[C@H](CNC(=O)CCc1cccnc1)Oc1cccc(Cl)c1. The van der Waals surface area contributed by atoms with Crippen LogP contribution in [0.2, 0.25) is 5.02 Å². The minimum absolute atomic E-state index is 0.00500. The monoisotopic (exact) mass is 318 g/mol. The maximum absolute atomic E-state index is 11.8. The molecular weight excluding hydrogens is 300 g/mol. The van der Waals surface area contributed by atoms with E-state index in [4.69, 9.17) is 16.3 Å². The number of aryl methyl sites for hydroxylation is 1. The first-order valence-electron chi connectivity index (χ1n) is 7.21. The van der Waals surface area contributed by atoms with Gasteiger partial charge in [-0.2, -0.15) is 0 Å². The van der Waals surface area contributed by atoms with Gasteiger partial charge in [0.05, 0.1) is 6.54 Å². The third kappa shape index (κ3) is 5.74. The summed E-state index contributed by atoms with van der Waals surface area (Å²) in [6.45, 7) is 2.36. The Kier molecular flexibility index (Phi) is 6.22. The van der Waals surface area contributed by atoms with Crippen molar-refractivity contribution in [2.45, 2.75) is 25.9 Å². The Hall–Kier alpha value is -2.07. The van der Waals surface area contributed by atoms with Crippen molar-refractivity contribution in [3.05, 3.63) is 59.4 Å². The van der Waals surface area contributed by atoms with Crippen molar-refractivity contribution in [1.29, 1.82) is 0 Å². The van der Waals surface area contributed by atoms with Gasteiger partial charge in [-0.15, -0.1) is 0 Å². The summed E-state index contributed by atoms with van der Waals surface area (Å²) in [6, 6.07) is 11.0. The van der Waals surface area contributed by atoms with Gasteiger partial charge in [0.25, 0.3) is 0 Å². The molecular formula is C17H19ClN2O2. The van der Waals surface area contributed by atoms with E-state index in [0.29, 0.717) is 30.2 Å². The van der Waals surface area contributed by atoms with Crippen LogP contribution in [0.1, 0.15) is 18.9 Å². The first-order valence-corrected chi connectivity index (χ1v) is 7.59. The van der Waals surface area contributed by atoms with Gasteiger partial charge in [0, 0.05) is 23.8 Å². The molecule has 22 heavy (non-hydrogen) atoms. The Morgan fingerprint density at radius 1 is 1.36 bits per heavy atom. The van der Waals surface area contributed by atoms with E-state index in [1.807, 2.05) is 31.2 Å². The predicted molar refractivity (Wildman–Crippen MR) is 87.1 cm³/mol. The van der Waals surface area contributed by atoms with Gasteiger partial charge in [0.15, 0.2) is 0 Å². The molecule has 0 saturated heterocycles. The second-order valence-corrected chi connectivity index (χ2v) is 5.49. The van der Waals surface area contributed by atoms with Crippen LogP contribution in [0, 0.1) is 0 Å². The number of halogens is 1. The van der Waals surface area contributed by atoms with E-state index in [9.17, 15) is 4.79 Å². The van der Waals surface area contributed by atoms with E-state index >= 15 is 0 Å². The third-order valence-corrected chi connectivity index (χ3v) is 3.32. The Balaban J connectivity index is 1.69. The van der Waals surface area contributed by atoms with E-state index in [0.717, 1.165) is 5.56 Å². The Bertz CT molecular complexity index is 605. The first kappa shape index (κ1) is 16.3. The van der Waals surface area contributed by atoms with Crippen LogP contribution in [0.4, 0.5) is 0 Å². The molecule has 1 heterocycles. The van der Waals surface area contributed by atoms with Crippen molar-refractivity contribution in [3.8, 4) is 5.75 Å². The van der Waals surface area contributed by atoms with Crippen LogP contribution in [0.3, 0.4) is 0 Å². The lowest BCUT2D eigenvalue weighted by atomic mass is 10.1. The number of ether oxygens (including phenoxy) is 1. The first-order chi connectivity index (χ1) is 10.6. The molecule has 0 aliphatic rings. The van der Waals surface area contributed by atoms with E-state index in [2.05, 4.69) is 10.3 Å². The highest BCUT2D eigenvalue weighted by molar-refractivity contribution is 6.30. The molecule has 0 saturated carbocycles. The third-order valence-electron chi connectivity index (χ3n) is 3.08. The molecule has 1 aromatic carbocycles. The second-order valence-electron chi connectivity index (χ2n) is 5.05. The molecule has 1 atom stereocenters. The Morgan fingerprint density at radius 2 is 2.23 bits per heavy atom. The predicted octanol–water partition coefficient (Wildman–Crippen LogP) is 3.25. The van der Waals surface area contributed by atoms with Crippen LogP contribution in [0.5, 0.6) is 5.75 Å². The highest BCUT2D eigenvalue weighted by Gasteiger charge is 2.07. The second kappa shape index (κ2) is 8.39. The number of hydrogen-bond acceptors (Lipinski definition) is 3. The molecule has 0 unspecified atom stereocenters. The zero-order valence-electron chi connectivity index (χ0n) is 12.5. The van der Waals surface area contributed by atoms with Crippen LogP contribution in [-0.4, -0.2) is 23.5 Å². The summed E-state index contributed by atoms with van der Waals surface area (Å²) in [7, 11) is 0. The molecule has 0 spiro atoms. The summed E-state index contributed by atoms with van der Waals surface area (Å²) in [5.74, 6) is 0.704. The molecule has 116 valence electrons. The van der Waals surface area contributed by atoms with Crippen molar-refractivity contribution in [3.63, 3.8) is 0 Å². The smallest absolute Gasteiger partial charge is 0.220 e. The number of carbonyl (C=O) groups excluding carboxylic acids is 1. The fourth-order valence-corrected chi connectivity index (χ4v) is 2.14. The van der Waals surface area contributed by atoms with E-state index in [1.165, 1.54) is 0 Å². The van der Waals surface area contributed by atoms with Gasteiger partial charge in [-0.25, -0.2) is 0 Å². The highest BCUT2D eigenvalue weighted by Crippen LogP contribution is 2.18. The number of benzene rings is 1. The molecule has 0 aliphatic heterocycles. The fourth-order valence-electron chi connectivity index (χ4n) is 1.96. The minimum Gasteiger partial charge on any atom is -0.489 e. The van der Waals surface area contributed by atoms with E-state index in [-0.39, 0.29) is 12.0 Å². The minimum atomic E-state index is -0.124. The van der Waals surface area contributed by atoms with Crippen LogP contribution >= 0.6 is 11.6 Å². The largest absolute Gasteiger partial charge is 0.489 e. The number of carbonyl (C=O) groups is 1. The summed E-state index contributed by atoms with van der Waals surface area (Å²) in [6.07, 6.45) is 4.50. The number of hydrogen-bond donors (Lipinski definition) is 1. The molecule has 1 aromatic heterocycles. The average Bonchev–Trinajstić information content (AvgIpc) is 2.52. The zero-order valence-corrected chi connectivity index (χ0v) is 13.2. The van der Waals surface area contributed by atoms with Gasteiger partial charge >= 0.3 is 0 Å². The fraction of sp³-hybridized carbons (Fsp3) is 0.294. The van der Waals surface area contributed by atoms with E-state index < -0.39 is 0 Å². The lowest BCUT2D eigenvalue weighted by Gasteiger charge is -2.15. The lowest BCUT2D eigenvalue weighted by Crippen LogP contribution is -2.33. The van der Waals surface area contributed by atoms with Crippen molar-refractivity contribution in [2.24, 2.45) is 0 Å². The molecule has 1 amide bonds. The van der Waals surface area contributed by atoms with Crippen molar-refractivity contribution >= 4 is 17.5 Å². The summed E-state index contributed by atoms with van der Waals surface area (Å²) >= 11 is 5.90. The molecule has 5 heteroatoms. The van der Waals surface area contributed by atoms with Crippen LogP contribution in [0.15, 0.2) is 48.8 Å². The zero-order chi connectivity index (χ0) is 15.8. The van der Waals surface area contributed by atoms with Crippen molar-refractivity contribution in [2.75, 3.05) is 6.54 Å². The number of pyridine rings is 1. The molecule has 1 N–H and O–H groups in total.